The monoisotopic (exact) mass is 381 g/mol. The number of likely N-dealkylation sites (tertiary alicyclic amines) is 1. The smallest absolute Gasteiger partial charge is 0.437 e. The second kappa shape index (κ2) is 6.27. The lowest BCUT2D eigenvalue weighted by Gasteiger charge is -2.46. The van der Waals surface area contributed by atoms with Crippen LogP contribution in [0.3, 0.4) is 0 Å². The zero-order valence-corrected chi connectivity index (χ0v) is 15.5. The van der Waals surface area contributed by atoms with Gasteiger partial charge in [-0.3, -0.25) is 4.79 Å². The number of rotatable bonds is 4. The van der Waals surface area contributed by atoms with Gasteiger partial charge in [-0.15, -0.1) is 0 Å². The molecule has 2 fully saturated rings. The maximum Gasteiger partial charge on any atom is 0.492 e. The summed E-state index contributed by atoms with van der Waals surface area (Å²) < 4.78 is 11.0. The molecule has 0 atom stereocenters. The summed E-state index contributed by atoms with van der Waals surface area (Å²) in [5.41, 5.74) is 1.94. The molecule has 1 aliphatic carbocycles. The van der Waals surface area contributed by atoms with Crippen molar-refractivity contribution in [2.75, 3.05) is 13.1 Å². The molecule has 2 N–H and O–H groups in total. The van der Waals surface area contributed by atoms with Crippen molar-refractivity contribution in [3.63, 3.8) is 0 Å². The van der Waals surface area contributed by atoms with Crippen molar-refractivity contribution in [3.8, 4) is 11.6 Å². The van der Waals surface area contributed by atoms with Crippen LogP contribution in [0, 0.1) is 12.8 Å². The summed E-state index contributed by atoms with van der Waals surface area (Å²) in [7, 11) is -0.949. The van der Waals surface area contributed by atoms with Crippen molar-refractivity contribution in [2.45, 2.75) is 32.0 Å². The summed E-state index contributed by atoms with van der Waals surface area (Å²) in [5.74, 6) is 0.899. The molecule has 3 aliphatic rings. The van der Waals surface area contributed by atoms with Crippen molar-refractivity contribution in [3.05, 3.63) is 41.3 Å². The van der Waals surface area contributed by atoms with Crippen molar-refractivity contribution in [2.24, 2.45) is 5.92 Å². The number of aromatic nitrogens is 2. The first-order valence-electron chi connectivity index (χ1n) is 9.38. The van der Waals surface area contributed by atoms with E-state index in [4.69, 9.17) is 9.39 Å². The van der Waals surface area contributed by atoms with Gasteiger partial charge in [0.15, 0.2) is 0 Å². The number of benzene rings is 1. The highest BCUT2D eigenvalue weighted by Crippen LogP contribution is 2.44. The maximum absolute atomic E-state index is 12.5. The van der Waals surface area contributed by atoms with Crippen LogP contribution in [0.25, 0.3) is 0 Å². The summed E-state index contributed by atoms with van der Waals surface area (Å²) >= 11 is 0. The summed E-state index contributed by atoms with van der Waals surface area (Å²) in [5, 5.41) is 20.3. The van der Waals surface area contributed by atoms with Crippen molar-refractivity contribution in [1.82, 2.24) is 14.9 Å². The minimum atomic E-state index is -0.949. The molecule has 144 valence electrons. The van der Waals surface area contributed by atoms with Gasteiger partial charge in [-0.1, -0.05) is 6.07 Å². The number of hydrogen-bond donors (Lipinski definition) is 2. The number of ether oxygens (including phenoxy) is 1. The summed E-state index contributed by atoms with van der Waals surface area (Å²) in [6, 6.07) is 3.65. The maximum atomic E-state index is 12.5. The molecule has 0 radical (unpaired) electrons. The van der Waals surface area contributed by atoms with Gasteiger partial charge in [-0.05, 0) is 48.3 Å². The minimum absolute atomic E-state index is 0.222. The molecule has 5 rings (SSSR count). The highest BCUT2D eigenvalue weighted by Gasteiger charge is 2.53. The number of carbonyl (C=O) groups is 1. The van der Waals surface area contributed by atoms with Crippen molar-refractivity contribution >= 4 is 18.5 Å². The second-order valence-electron chi connectivity index (χ2n) is 7.81. The zero-order chi connectivity index (χ0) is 19.5. The van der Waals surface area contributed by atoms with Crippen LogP contribution < -0.4 is 10.2 Å². The molecule has 0 spiro atoms. The molecule has 9 heteroatoms. The van der Waals surface area contributed by atoms with Crippen LogP contribution in [-0.4, -0.2) is 56.7 Å². The minimum Gasteiger partial charge on any atom is -0.437 e. The Kier molecular flexibility index (Phi) is 3.94. The predicted molar refractivity (Wildman–Crippen MR) is 99.3 cm³/mol. The first-order valence-corrected chi connectivity index (χ1v) is 9.38. The fraction of sp³-hybridized carbons (Fsp3) is 0.421. The Morgan fingerprint density at radius 3 is 2.79 bits per heavy atom. The Bertz CT molecular complexity index is 941. The quantitative estimate of drug-likeness (QED) is 0.739. The van der Waals surface area contributed by atoms with Gasteiger partial charge in [0.1, 0.15) is 17.0 Å². The van der Waals surface area contributed by atoms with Crippen LogP contribution >= 0.6 is 0 Å². The third-order valence-electron chi connectivity index (χ3n) is 5.81. The third kappa shape index (κ3) is 2.86. The Hall–Kier alpha value is -2.49. The van der Waals surface area contributed by atoms with Gasteiger partial charge in [0, 0.05) is 0 Å². The van der Waals surface area contributed by atoms with E-state index in [0.717, 1.165) is 29.4 Å². The average molecular weight is 381 g/mol. The van der Waals surface area contributed by atoms with Crippen molar-refractivity contribution < 1.29 is 24.3 Å². The van der Waals surface area contributed by atoms with E-state index in [-0.39, 0.29) is 17.5 Å². The summed E-state index contributed by atoms with van der Waals surface area (Å²) in [6.07, 6.45) is 4.86. The van der Waals surface area contributed by atoms with Gasteiger partial charge in [0.2, 0.25) is 5.88 Å². The van der Waals surface area contributed by atoms with Crippen LogP contribution in [0.1, 0.15) is 34.5 Å². The normalized spacial score (nSPS) is 20.0. The number of carbonyl (C=O) groups excluding carboxylic acids is 1. The van der Waals surface area contributed by atoms with E-state index in [9.17, 15) is 14.9 Å². The molecule has 2 aromatic rings. The largest absolute Gasteiger partial charge is 0.492 e. The SMILES string of the molecule is Cc1c(Oc2cnc(C(=O)N3CC(O)(C4CC4)C3)cn2)ccc2c1B(O)OC2. The molecule has 1 aromatic heterocycles. The van der Waals surface area contributed by atoms with Crippen LogP contribution in [-0.2, 0) is 11.3 Å². The number of amides is 1. The molecule has 2 aliphatic heterocycles. The van der Waals surface area contributed by atoms with Gasteiger partial charge in [-0.25, -0.2) is 9.97 Å². The molecule has 1 aromatic carbocycles. The van der Waals surface area contributed by atoms with Gasteiger partial charge >= 0.3 is 7.12 Å². The summed E-state index contributed by atoms with van der Waals surface area (Å²) in [6.45, 7) is 2.94. The van der Waals surface area contributed by atoms with E-state index < -0.39 is 12.7 Å². The average Bonchev–Trinajstić information content (AvgIpc) is 3.45. The van der Waals surface area contributed by atoms with E-state index in [2.05, 4.69) is 9.97 Å². The molecule has 0 bridgehead atoms. The first kappa shape index (κ1) is 17.6. The molecular formula is C19H20BN3O5. The molecule has 8 nitrogen and oxygen atoms in total. The van der Waals surface area contributed by atoms with Gasteiger partial charge in [0.25, 0.3) is 5.91 Å². The van der Waals surface area contributed by atoms with E-state index in [1.54, 1.807) is 11.0 Å². The standard InChI is InChI=1S/C19H20BN3O5/c1-11-15(5-2-12-8-27-20(26)17(11)12)28-16-7-21-14(6-22-16)18(24)23-9-19(25,10-23)13-3-4-13/h2,5-7,13,25-26H,3-4,8-10H2,1H3. The number of hydrogen-bond acceptors (Lipinski definition) is 7. The highest BCUT2D eigenvalue weighted by molar-refractivity contribution is 6.62. The molecule has 1 amide bonds. The van der Waals surface area contributed by atoms with Crippen LogP contribution in [0.5, 0.6) is 11.6 Å². The lowest BCUT2D eigenvalue weighted by molar-refractivity contribution is -0.0959. The van der Waals surface area contributed by atoms with Crippen LogP contribution in [0.2, 0.25) is 0 Å². The fourth-order valence-corrected chi connectivity index (χ4v) is 3.99. The van der Waals surface area contributed by atoms with Crippen LogP contribution in [0.15, 0.2) is 24.5 Å². The van der Waals surface area contributed by atoms with Crippen LogP contribution in [0.4, 0.5) is 0 Å². The Labute approximate surface area is 162 Å². The summed E-state index contributed by atoms with van der Waals surface area (Å²) in [4.78, 5) is 22.4. The number of β-amino-alcohol motifs (C(OH)–C–C–N with tert-alkyl or cyclic N) is 1. The van der Waals surface area contributed by atoms with Gasteiger partial charge in [0.05, 0.1) is 32.1 Å². The van der Waals surface area contributed by atoms with E-state index in [1.807, 2.05) is 13.0 Å². The first-order chi connectivity index (χ1) is 13.4. The Morgan fingerprint density at radius 1 is 1.32 bits per heavy atom. The molecule has 1 saturated carbocycles. The molecular weight excluding hydrogens is 361 g/mol. The molecule has 1 saturated heterocycles. The van der Waals surface area contributed by atoms with Crippen molar-refractivity contribution in [1.29, 1.82) is 0 Å². The predicted octanol–water partition coefficient (Wildman–Crippen LogP) is 0.392. The van der Waals surface area contributed by atoms with E-state index >= 15 is 0 Å². The zero-order valence-electron chi connectivity index (χ0n) is 15.5. The topological polar surface area (TPSA) is 105 Å². The lowest BCUT2D eigenvalue weighted by Crippen LogP contribution is -2.64. The van der Waals surface area contributed by atoms with Gasteiger partial charge < -0.3 is 24.4 Å². The molecule has 0 unspecified atom stereocenters. The Morgan fingerprint density at radius 2 is 2.11 bits per heavy atom. The third-order valence-corrected chi connectivity index (χ3v) is 5.81. The molecule has 28 heavy (non-hydrogen) atoms. The second-order valence-corrected chi connectivity index (χ2v) is 7.81. The molecule has 3 heterocycles. The van der Waals surface area contributed by atoms with E-state index in [0.29, 0.717) is 31.4 Å². The highest BCUT2D eigenvalue weighted by atomic mass is 16.5. The van der Waals surface area contributed by atoms with E-state index in [1.165, 1.54) is 12.4 Å². The number of aliphatic hydroxyl groups is 1. The number of fused-ring (bicyclic) bond motifs is 1. The fourth-order valence-electron chi connectivity index (χ4n) is 3.99. The number of nitrogens with zero attached hydrogens (tertiary/aromatic N) is 3. The Balaban J connectivity index is 1.27. The lowest BCUT2D eigenvalue weighted by atomic mass is 9.76. The van der Waals surface area contributed by atoms with Gasteiger partial charge in [-0.2, -0.15) is 0 Å².